The highest BCUT2D eigenvalue weighted by Crippen LogP contribution is 2.46. The van der Waals surface area contributed by atoms with Crippen molar-refractivity contribution in [3.05, 3.63) is 80.6 Å². The van der Waals surface area contributed by atoms with Gasteiger partial charge in [-0.05, 0) is 66.9 Å². The fraction of sp³-hybridized carbons (Fsp3) is 0.387. The number of amides is 1. The van der Waals surface area contributed by atoms with E-state index in [4.69, 9.17) is 37.0 Å². The van der Waals surface area contributed by atoms with Crippen LogP contribution in [0, 0.1) is 5.41 Å². The Bertz CT molecular complexity index is 1610. The summed E-state index contributed by atoms with van der Waals surface area (Å²) in [5.41, 5.74) is 3.50. The van der Waals surface area contributed by atoms with Crippen LogP contribution in [0.3, 0.4) is 0 Å². The molecular weight excluding hydrogens is 643 g/mol. The Morgan fingerprint density at radius 2 is 2.02 bits per heavy atom. The molecule has 0 spiro atoms. The van der Waals surface area contributed by atoms with E-state index in [2.05, 4.69) is 41.4 Å². The number of aromatic nitrogens is 2. The van der Waals surface area contributed by atoms with E-state index < -0.39 is 17.2 Å². The Hall–Kier alpha value is -2.80. The first-order valence-corrected chi connectivity index (χ1v) is 16.8. The summed E-state index contributed by atoms with van der Waals surface area (Å²) in [5.74, 6) is 0.440. The fourth-order valence-corrected chi connectivity index (χ4v) is 7.26. The van der Waals surface area contributed by atoms with E-state index in [1.165, 1.54) is 6.08 Å². The minimum atomic E-state index is -2.49. The van der Waals surface area contributed by atoms with Gasteiger partial charge in [0.05, 0.1) is 27.6 Å². The molecular formula is C31H34Cl2N4O5S2. The van der Waals surface area contributed by atoms with Gasteiger partial charge in [-0.15, -0.1) is 0 Å². The lowest BCUT2D eigenvalue weighted by molar-refractivity contribution is 0.0150. The van der Waals surface area contributed by atoms with Gasteiger partial charge in [0.2, 0.25) is 0 Å². The van der Waals surface area contributed by atoms with Gasteiger partial charge < -0.3 is 14.2 Å². The molecule has 3 aromatic rings. The molecule has 5 rings (SSSR count). The SMILES string of the molecule is C=C/C(=C\c1snc(C(=O)NS(=O)O)c1C=C)N1CCC(OCc2c(-c3c(Cl)cccc3Cl)noc2C2CC2)CC(C)(C)C1. The quantitative estimate of drug-likeness (QED) is 0.157. The number of carbonyl (C=O) groups is 1. The van der Waals surface area contributed by atoms with Crippen LogP contribution in [0.4, 0.5) is 0 Å². The monoisotopic (exact) mass is 676 g/mol. The molecule has 13 heteroatoms. The van der Waals surface area contributed by atoms with Gasteiger partial charge in [-0.1, -0.05) is 67.5 Å². The average Bonchev–Trinajstić information content (AvgIpc) is 3.63. The minimum absolute atomic E-state index is 0.0284. The number of halogens is 2. The molecule has 1 aliphatic heterocycles. The van der Waals surface area contributed by atoms with Crippen LogP contribution in [0.25, 0.3) is 23.4 Å². The summed E-state index contributed by atoms with van der Waals surface area (Å²) < 4.78 is 38.7. The first kappa shape index (κ1) is 32.6. The first-order valence-electron chi connectivity index (χ1n) is 14.2. The van der Waals surface area contributed by atoms with Crippen molar-refractivity contribution >= 4 is 64.1 Å². The van der Waals surface area contributed by atoms with Gasteiger partial charge in [0.25, 0.3) is 17.2 Å². The highest BCUT2D eigenvalue weighted by atomic mass is 35.5. The van der Waals surface area contributed by atoms with Gasteiger partial charge in [0, 0.05) is 41.4 Å². The largest absolute Gasteiger partial charge is 0.373 e. The predicted octanol–water partition coefficient (Wildman–Crippen LogP) is 7.73. The van der Waals surface area contributed by atoms with Crippen molar-refractivity contribution in [2.45, 2.75) is 58.2 Å². The number of ether oxygens (including phenoxy) is 1. The van der Waals surface area contributed by atoms with Crippen LogP contribution in [-0.2, 0) is 22.6 Å². The number of allylic oxidation sites excluding steroid dienone is 1. The topological polar surface area (TPSA) is 118 Å². The Morgan fingerprint density at radius 3 is 2.66 bits per heavy atom. The number of likely N-dealkylation sites (tertiary alicyclic amines) is 1. The zero-order chi connectivity index (χ0) is 31.6. The summed E-state index contributed by atoms with van der Waals surface area (Å²) in [7, 11) is 0. The summed E-state index contributed by atoms with van der Waals surface area (Å²) in [6.45, 7) is 14.1. The van der Waals surface area contributed by atoms with E-state index >= 15 is 0 Å². The van der Waals surface area contributed by atoms with Crippen LogP contribution in [0.1, 0.15) is 77.7 Å². The molecule has 2 aliphatic rings. The summed E-state index contributed by atoms with van der Waals surface area (Å²) >= 11 is 11.7. The van der Waals surface area contributed by atoms with E-state index in [0.29, 0.717) is 50.8 Å². The second-order valence-electron chi connectivity index (χ2n) is 11.7. The lowest BCUT2D eigenvalue weighted by Crippen LogP contribution is -2.31. The maximum absolute atomic E-state index is 12.4. The molecule has 1 saturated carbocycles. The molecule has 2 N–H and O–H groups in total. The molecule has 0 bridgehead atoms. The number of hydrogen-bond donors (Lipinski definition) is 2. The smallest absolute Gasteiger partial charge is 0.285 e. The van der Waals surface area contributed by atoms with Gasteiger partial charge in [-0.25, -0.2) is 8.93 Å². The number of nitrogens with zero attached hydrogens (tertiary/aromatic N) is 3. The van der Waals surface area contributed by atoms with Gasteiger partial charge in [0.15, 0.2) is 5.69 Å². The average molecular weight is 678 g/mol. The Balaban J connectivity index is 1.35. The highest BCUT2D eigenvalue weighted by molar-refractivity contribution is 7.77. The maximum Gasteiger partial charge on any atom is 0.285 e. The normalized spacial score (nSPS) is 19.3. The van der Waals surface area contributed by atoms with Crippen LogP contribution in [0.5, 0.6) is 0 Å². The van der Waals surface area contributed by atoms with Crippen LogP contribution in [-0.4, -0.2) is 48.3 Å². The van der Waals surface area contributed by atoms with E-state index in [1.54, 1.807) is 24.3 Å². The molecule has 2 atom stereocenters. The Kier molecular flexibility index (Phi) is 10.1. The molecule has 2 fully saturated rings. The van der Waals surface area contributed by atoms with Crippen LogP contribution < -0.4 is 4.72 Å². The predicted molar refractivity (Wildman–Crippen MR) is 176 cm³/mol. The molecule has 3 heterocycles. The van der Waals surface area contributed by atoms with Crippen LogP contribution >= 0.6 is 34.7 Å². The van der Waals surface area contributed by atoms with Crippen molar-refractivity contribution in [3.63, 3.8) is 0 Å². The van der Waals surface area contributed by atoms with E-state index in [0.717, 1.165) is 60.8 Å². The third-order valence-electron chi connectivity index (χ3n) is 7.76. The summed E-state index contributed by atoms with van der Waals surface area (Å²) in [6.07, 6.45) is 8.91. The maximum atomic E-state index is 12.4. The van der Waals surface area contributed by atoms with E-state index in [9.17, 15) is 9.00 Å². The van der Waals surface area contributed by atoms with Crippen molar-refractivity contribution in [1.29, 1.82) is 0 Å². The molecule has 234 valence electrons. The van der Waals surface area contributed by atoms with Gasteiger partial charge in [0.1, 0.15) is 11.5 Å². The third-order valence-corrected chi connectivity index (χ3v) is 9.56. The van der Waals surface area contributed by atoms with E-state index in [1.807, 2.05) is 10.8 Å². The fourth-order valence-electron chi connectivity index (χ4n) is 5.61. The molecule has 1 aliphatic carbocycles. The zero-order valence-electron chi connectivity index (χ0n) is 24.5. The molecule has 2 unspecified atom stereocenters. The summed E-state index contributed by atoms with van der Waals surface area (Å²) in [4.78, 5) is 15.3. The van der Waals surface area contributed by atoms with Gasteiger partial charge in [-0.2, -0.15) is 4.37 Å². The first-order chi connectivity index (χ1) is 21.0. The molecule has 0 radical (unpaired) electrons. The van der Waals surface area contributed by atoms with Gasteiger partial charge in [-0.3, -0.25) is 9.35 Å². The van der Waals surface area contributed by atoms with Crippen molar-refractivity contribution in [2.75, 3.05) is 13.1 Å². The number of nitrogens with one attached hydrogen (secondary N) is 1. The van der Waals surface area contributed by atoms with Crippen molar-refractivity contribution in [1.82, 2.24) is 19.2 Å². The minimum Gasteiger partial charge on any atom is -0.373 e. The standard InChI is InChI=1S/C31H34Cl2N4O5S2/c1-5-19(14-25-21(6-2)28(35-43-25)30(38)36-44(39)40)37-13-12-20(15-31(3,4)17-37)41-16-22-27(34-42-29(22)18-10-11-18)26-23(32)8-7-9-24(26)33/h5-9,14,18,20H,1-2,10-13,15-17H2,3-4H3,(H,36,38)(H,39,40)/b19-14+. The zero-order valence-corrected chi connectivity index (χ0v) is 27.6. The lowest BCUT2D eigenvalue weighted by Gasteiger charge is -2.32. The lowest BCUT2D eigenvalue weighted by atomic mass is 9.86. The van der Waals surface area contributed by atoms with E-state index in [-0.39, 0.29) is 17.2 Å². The summed E-state index contributed by atoms with van der Waals surface area (Å²) in [6, 6.07) is 5.40. The van der Waals surface area contributed by atoms with Crippen molar-refractivity contribution in [3.8, 4) is 11.3 Å². The number of hydrogen-bond acceptors (Lipinski definition) is 8. The molecule has 1 aromatic carbocycles. The second kappa shape index (κ2) is 13.7. The Labute approximate surface area is 273 Å². The molecule has 2 aromatic heterocycles. The molecule has 9 nitrogen and oxygen atoms in total. The highest BCUT2D eigenvalue weighted by Gasteiger charge is 2.35. The van der Waals surface area contributed by atoms with Crippen molar-refractivity contribution in [2.24, 2.45) is 5.41 Å². The van der Waals surface area contributed by atoms with Gasteiger partial charge >= 0.3 is 0 Å². The third kappa shape index (κ3) is 7.35. The molecule has 1 amide bonds. The van der Waals surface area contributed by atoms with Crippen molar-refractivity contribution < 1.29 is 22.8 Å². The molecule has 1 saturated heterocycles. The number of benzene rings is 1. The Morgan fingerprint density at radius 1 is 1.30 bits per heavy atom. The van der Waals surface area contributed by atoms with Crippen LogP contribution in [0.15, 0.2) is 47.7 Å². The van der Waals surface area contributed by atoms with Crippen LogP contribution in [0.2, 0.25) is 10.0 Å². The number of rotatable bonds is 11. The number of carbonyl (C=O) groups excluding carboxylic acids is 1. The second-order valence-corrected chi connectivity index (χ2v) is 14.0. The summed E-state index contributed by atoms with van der Waals surface area (Å²) in [5, 5.41) is 5.42. The molecule has 44 heavy (non-hydrogen) atoms.